The molecule has 0 aromatic carbocycles. The van der Waals surface area contributed by atoms with Crippen LogP contribution in [0, 0.1) is 0 Å². The van der Waals surface area contributed by atoms with Gasteiger partial charge in [-0.15, -0.1) is 0 Å². The van der Waals surface area contributed by atoms with E-state index in [0.29, 0.717) is 19.5 Å². The van der Waals surface area contributed by atoms with Crippen molar-refractivity contribution in [2.75, 3.05) is 13.1 Å². The summed E-state index contributed by atoms with van der Waals surface area (Å²) < 4.78 is 7.37. The molecule has 1 aliphatic heterocycles. The van der Waals surface area contributed by atoms with E-state index in [1.807, 2.05) is 31.5 Å². The SMILES string of the molecule is CCn1cnc(C2(N)CCN(C(=O)OC(C)(C)C)C2)c1. The van der Waals surface area contributed by atoms with Crippen LogP contribution < -0.4 is 5.73 Å². The van der Waals surface area contributed by atoms with E-state index in [1.54, 1.807) is 11.2 Å². The van der Waals surface area contributed by atoms with Crippen LogP contribution in [-0.4, -0.2) is 39.2 Å². The molecule has 1 atom stereocenters. The molecular formula is C14H24N4O2. The number of rotatable bonds is 2. The molecule has 6 heteroatoms. The Morgan fingerprint density at radius 2 is 2.25 bits per heavy atom. The molecule has 1 unspecified atom stereocenters. The van der Waals surface area contributed by atoms with E-state index in [-0.39, 0.29) is 6.09 Å². The topological polar surface area (TPSA) is 73.4 Å². The molecule has 20 heavy (non-hydrogen) atoms. The van der Waals surface area contributed by atoms with Gasteiger partial charge >= 0.3 is 6.09 Å². The second kappa shape index (κ2) is 5.09. The first-order chi connectivity index (χ1) is 9.23. The number of hydrogen-bond acceptors (Lipinski definition) is 4. The number of aromatic nitrogens is 2. The smallest absolute Gasteiger partial charge is 0.410 e. The second-order valence-corrected chi connectivity index (χ2v) is 6.40. The van der Waals surface area contributed by atoms with Crippen LogP contribution in [0.2, 0.25) is 0 Å². The lowest BCUT2D eigenvalue weighted by Crippen LogP contribution is -2.42. The van der Waals surface area contributed by atoms with Gasteiger partial charge in [0.15, 0.2) is 0 Å². The van der Waals surface area contributed by atoms with Gasteiger partial charge in [-0.3, -0.25) is 0 Å². The van der Waals surface area contributed by atoms with Crippen LogP contribution in [0.1, 0.15) is 39.8 Å². The third-order valence-corrected chi connectivity index (χ3v) is 3.46. The quantitative estimate of drug-likeness (QED) is 0.895. The van der Waals surface area contributed by atoms with E-state index in [9.17, 15) is 4.79 Å². The minimum Gasteiger partial charge on any atom is -0.444 e. The highest BCUT2D eigenvalue weighted by atomic mass is 16.6. The lowest BCUT2D eigenvalue weighted by Gasteiger charge is -2.26. The fourth-order valence-electron chi connectivity index (χ4n) is 2.31. The third kappa shape index (κ3) is 3.12. The fraction of sp³-hybridized carbons (Fsp3) is 0.714. The zero-order valence-corrected chi connectivity index (χ0v) is 12.7. The van der Waals surface area contributed by atoms with Crippen LogP contribution >= 0.6 is 0 Å². The first kappa shape index (κ1) is 14.8. The summed E-state index contributed by atoms with van der Waals surface area (Å²) in [6.45, 7) is 9.54. The Hall–Kier alpha value is -1.56. The monoisotopic (exact) mass is 280 g/mol. The van der Waals surface area contributed by atoms with E-state index in [2.05, 4.69) is 11.9 Å². The molecule has 0 spiro atoms. The molecule has 112 valence electrons. The number of aryl methyl sites for hydroxylation is 1. The molecule has 2 N–H and O–H groups in total. The van der Waals surface area contributed by atoms with Crippen molar-refractivity contribution in [2.45, 2.75) is 51.8 Å². The van der Waals surface area contributed by atoms with Crippen molar-refractivity contribution in [1.82, 2.24) is 14.5 Å². The average molecular weight is 280 g/mol. The summed E-state index contributed by atoms with van der Waals surface area (Å²) in [4.78, 5) is 18.1. The second-order valence-electron chi connectivity index (χ2n) is 6.40. The molecule has 1 aliphatic rings. The maximum Gasteiger partial charge on any atom is 0.410 e. The average Bonchev–Trinajstić information content (AvgIpc) is 2.93. The van der Waals surface area contributed by atoms with Crippen molar-refractivity contribution in [1.29, 1.82) is 0 Å². The zero-order valence-electron chi connectivity index (χ0n) is 12.7. The number of hydrogen-bond donors (Lipinski definition) is 1. The Kier molecular flexibility index (Phi) is 3.77. The van der Waals surface area contributed by atoms with E-state index < -0.39 is 11.1 Å². The number of nitrogens with two attached hydrogens (primary N) is 1. The van der Waals surface area contributed by atoms with Gasteiger partial charge in [-0.1, -0.05) is 0 Å². The number of likely N-dealkylation sites (tertiary alicyclic amines) is 1. The van der Waals surface area contributed by atoms with E-state index in [4.69, 9.17) is 10.5 Å². The van der Waals surface area contributed by atoms with Crippen LogP contribution in [0.25, 0.3) is 0 Å². The van der Waals surface area contributed by atoms with Gasteiger partial charge in [-0.2, -0.15) is 0 Å². The molecule has 0 radical (unpaired) electrons. The lowest BCUT2D eigenvalue weighted by molar-refractivity contribution is 0.0284. The molecule has 1 saturated heterocycles. The van der Waals surface area contributed by atoms with Crippen molar-refractivity contribution in [3.05, 3.63) is 18.2 Å². The highest BCUT2D eigenvalue weighted by Gasteiger charge is 2.41. The zero-order chi connectivity index (χ0) is 15.0. The summed E-state index contributed by atoms with van der Waals surface area (Å²) in [6.07, 6.45) is 4.13. The number of amides is 1. The molecule has 1 aromatic heterocycles. The summed E-state index contributed by atoms with van der Waals surface area (Å²) in [5.74, 6) is 0. The molecule has 0 saturated carbocycles. The third-order valence-electron chi connectivity index (χ3n) is 3.46. The summed E-state index contributed by atoms with van der Waals surface area (Å²) >= 11 is 0. The first-order valence-corrected chi connectivity index (χ1v) is 7.02. The normalized spacial score (nSPS) is 23.1. The van der Waals surface area contributed by atoms with Crippen LogP contribution in [0.3, 0.4) is 0 Å². The summed E-state index contributed by atoms with van der Waals surface area (Å²) in [5.41, 5.74) is 6.20. The van der Waals surface area contributed by atoms with Crippen molar-refractivity contribution in [2.24, 2.45) is 5.73 Å². The van der Waals surface area contributed by atoms with Gasteiger partial charge in [-0.25, -0.2) is 9.78 Å². The van der Waals surface area contributed by atoms with Gasteiger partial charge in [-0.05, 0) is 34.1 Å². The minimum absolute atomic E-state index is 0.306. The molecule has 6 nitrogen and oxygen atoms in total. The first-order valence-electron chi connectivity index (χ1n) is 7.02. The predicted octanol–water partition coefficient (Wildman–Crippen LogP) is 1.70. The number of carbonyl (C=O) groups is 1. The van der Waals surface area contributed by atoms with Crippen molar-refractivity contribution in [3.63, 3.8) is 0 Å². The van der Waals surface area contributed by atoms with Gasteiger partial charge < -0.3 is 19.9 Å². The number of carbonyl (C=O) groups excluding carboxylic acids is 1. The molecule has 0 bridgehead atoms. The van der Waals surface area contributed by atoms with Gasteiger partial charge in [0.2, 0.25) is 0 Å². The van der Waals surface area contributed by atoms with Crippen molar-refractivity contribution in [3.8, 4) is 0 Å². The Morgan fingerprint density at radius 3 is 2.80 bits per heavy atom. The Balaban J connectivity index is 2.05. The van der Waals surface area contributed by atoms with E-state index in [1.165, 1.54) is 0 Å². The highest BCUT2D eigenvalue weighted by molar-refractivity contribution is 5.68. The van der Waals surface area contributed by atoms with Gasteiger partial charge in [0.25, 0.3) is 0 Å². The van der Waals surface area contributed by atoms with Gasteiger partial charge in [0.05, 0.1) is 17.6 Å². The molecular weight excluding hydrogens is 256 g/mol. The van der Waals surface area contributed by atoms with Crippen LogP contribution in [-0.2, 0) is 16.8 Å². The van der Waals surface area contributed by atoms with Crippen LogP contribution in [0.4, 0.5) is 4.79 Å². The van der Waals surface area contributed by atoms with Gasteiger partial charge in [0.1, 0.15) is 5.60 Å². The molecule has 1 amide bonds. The highest BCUT2D eigenvalue weighted by Crippen LogP contribution is 2.29. The molecule has 2 rings (SSSR count). The molecule has 2 heterocycles. The van der Waals surface area contributed by atoms with Crippen molar-refractivity contribution >= 4 is 6.09 Å². The summed E-state index contributed by atoms with van der Waals surface area (Å²) in [6, 6.07) is 0. The maximum atomic E-state index is 12.1. The molecule has 1 fully saturated rings. The number of ether oxygens (including phenoxy) is 1. The van der Waals surface area contributed by atoms with E-state index in [0.717, 1.165) is 12.2 Å². The fourth-order valence-corrected chi connectivity index (χ4v) is 2.31. The standard InChI is InChI=1S/C14H24N4O2/c1-5-17-8-11(16-10-17)14(15)6-7-18(9-14)12(19)20-13(2,3)4/h8,10H,5-7,9,15H2,1-4H3. The maximum absolute atomic E-state index is 12.1. The van der Waals surface area contributed by atoms with Crippen LogP contribution in [0.15, 0.2) is 12.5 Å². The predicted molar refractivity (Wildman–Crippen MR) is 76.2 cm³/mol. The van der Waals surface area contributed by atoms with Crippen LogP contribution in [0.5, 0.6) is 0 Å². The Bertz CT molecular complexity index is 492. The molecule has 0 aliphatic carbocycles. The largest absolute Gasteiger partial charge is 0.444 e. The van der Waals surface area contributed by atoms with Crippen molar-refractivity contribution < 1.29 is 9.53 Å². The number of imidazole rings is 1. The van der Waals surface area contributed by atoms with Gasteiger partial charge in [0, 0.05) is 25.8 Å². The van der Waals surface area contributed by atoms with E-state index >= 15 is 0 Å². The summed E-state index contributed by atoms with van der Waals surface area (Å²) in [7, 11) is 0. The summed E-state index contributed by atoms with van der Waals surface area (Å²) in [5, 5.41) is 0. The number of nitrogens with zero attached hydrogens (tertiary/aromatic N) is 3. The minimum atomic E-state index is -0.572. The lowest BCUT2D eigenvalue weighted by atomic mass is 9.96. The Labute approximate surface area is 119 Å². The molecule has 1 aromatic rings. The Morgan fingerprint density at radius 1 is 1.55 bits per heavy atom.